The molecular formula is C18H27FN2. The standard InChI is InChI=1S/C18H27FN2/c1-21(12-14-6-9-16(19)10-7-14)13-17-11-8-15-4-2-3-5-18(15)20-17/h6-7,9-10,15,17-18,20H,2-5,8,11-13H2,1H3. The lowest BCUT2D eigenvalue weighted by molar-refractivity contribution is 0.151. The zero-order valence-electron chi connectivity index (χ0n) is 13.0. The number of fused-ring (bicyclic) bond motifs is 1. The Hall–Kier alpha value is -0.930. The van der Waals surface area contributed by atoms with Crippen LogP contribution < -0.4 is 5.32 Å². The molecule has 116 valence electrons. The molecule has 3 rings (SSSR count). The molecule has 21 heavy (non-hydrogen) atoms. The molecule has 1 saturated carbocycles. The highest BCUT2D eigenvalue weighted by Gasteiger charge is 2.31. The first-order chi connectivity index (χ1) is 10.2. The van der Waals surface area contributed by atoms with Crippen LogP contribution >= 0.6 is 0 Å². The minimum atomic E-state index is -0.154. The van der Waals surface area contributed by atoms with Crippen LogP contribution in [0.3, 0.4) is 0 Å². The fourth-order valence-electron chi connectivity index (χ4n) is 4.06. The number of hydrogen-bond donors (Lipinski definition) is 1. The largest absolute Gasteiger partial charge is 0.310 e. The third kappa shape index (κ3) is 4.04. The van der Waals surface area contributed by atoms with E-state index < -0.39 is 0 Å². The SMILES string of the molecule is CN(Cc1ccc(F)cc1)CC1CCC2CCCCC2N1. The van der Waals surface area contributed by atoms with Crippen molar-refractivity contribution >= 4 is 0 Å². The van der Waals surface area contributed by atoms with Crippen molar-refractivity contribution in [2.24, 2.45) is 5.92 Å². The maximum atomic E-state index is 12.9. The van der Waals surface area contributed by atoms with E-state index in [2.05, 4.69) is 17.3 Å². The maximum Gasteiger partial charge on any atom is 0.123 e. The van der Waals surface area contributed by atoms with Crippen LogP contribution in [0, 0.1) is 11.7 Å². The first-order valence-corrected chi connectivity index (χ1v) is 8.40. The highest BCUT2D eigenvalue weighted by Crippen LogP contribution is 2.32. The highest BCUT2D eigenvalue weighted by molar-refractivity contribution is 5.15. The Labute approximate surface area is 127 Å². The molecule has 3 atom stereocenters. The van der Waals surface area contributed by atoms with Crippen LogP contribution in [0.5, 0.6) is 0 Å². The molecule has 2 fully saturated rings. The Morgan fingerprint density at radius 2 is 1.86 bits per heavy atom. The van der Waals surface area contributed by atoms with Crippen LogP contribution in [-0.2, 0) is 6.54 Å². The minimum absolute atomic E-state index is 0.154. The predicted octanol–water partition coefficient (Wildman–Crippen LogP) is 3.57. The first-order valence-electron chi connectivity index (χ1n) is 8.40. The van der Waals surface area contributed by atoms with Crippen LogP contribution in [0.2, 0.25) is 0 Å². The summed E-state index contributed by atoms with van der Waals surface area (Å²) in [4.78, 5) is 2.36. The molecule has 1 N–H and O–H groups in total. The van der Waals surface area contributed by atoms with Gasteiger partial charge >= 0.3 is 0 Å². The number of hydrogen-bond acceptors (Lipinski definition) is 2. The molecule has 2 nitrogen and oxygen atoms in total. The smallest absolute Gasteiger partial charge is 0.123 e. The van der Waals surface area contributed by atoms with E-state index in [1.165, 1.54) is 44.1 Å². The van der Waals surface area contributed by atoms with Crippen LogP contribution in [-0.4, -0.2) is 30.6 Å². The lowest BCUT2D eigenvalue weighted by atomic mass is 9.78. The Morgan fingerprint density at radius 1 is 1.10 bits per heavy atom. The fraction of sp³-hybridized carbons (Fsp3) is 0.667. The summed E-state index contributed by atoms with van der Waals surface area (Å²) in [5, 5.41) is 3.88. The normalized spacial score (nSPS) is 29.4. The van der Waals surface area contributed by atoms with E-state index >= 15 is 0 Å². The van der Waals surface area contributed by atoms with Gasteiger partial charge in [-0.15, -0.1) is 0 Å². The predicted molar refractivity (Wildman–Crippen MR) is 84.6 cm³/mol. The summed E-state index contributed by atoms with van der Waals surface area (Å²) in [5.41, 5.74) is 1.19. The van der Waals surface area contributed by atoms with Crippen LogP contribution in [0.1, 0.15) is 44.1 Å². The topological polar surface area (TPSA) is 15.3 Å². The Bertz CT molecular complexity index is 445. The van der Waals surface area contributed by atoms with E-state index in [1.54, 1.807) is 12.1 Å². The van der Waals surface area contributed by atoms with Gasteiger partial charge in [-0.3, -0.25) is 0 Å². The summed E-state index contributed by atoms with van der Waals surface area (Å²) in [6.07, 6.45) is 8.31. The molecule has 0 amide bonds. The number of rotatable bonds is 4. The number of piperidine rings is 1. The second-order valence-electron chi connectivity index (χ2n) is 6.92. The van der Waals surface area contributed by atoms with Crippen molar-refractivity contribution in [1.29, 1.82) is 0 Å². The Kier molecular flexibility index (Phi) is 4.91. The van der Waals surface area contributed by atoms with Gasteiger partial charge in [0, 0.05) is 25.2 Å². The Balaban J connectivity index is 1.48. The van der Waals surface area contributed by atoms with Crippen molar-refractivity contribution < 1.29 is 4.39 Å². The quantitative estimate of drug-likeness (QED) is 0.912. The van der Waals surface area contributed by atoms with E-state index in [1.807, 2.05) is 12.1 Å². The molecule has 2 aliphatic rings. The molecule has 0 radical (unpaired) electrons. The minimum Gasteiger partial charge on any atom is -0.310 e. The van der Waals surface area contributed by atoms with E-state index in [0.29, 0.717) is 6.04 Å². The molecule has 0 bridgehead atoms. The summed E-state index contributed by atoms with van der Waals surface area (Å²) >= 11 is 0. The molecule has 1 aliphatic carbocycles. The third-order valence-electron chi connectivity index (χ3n) is 5.14. The molecule has 3 unspecified atom stereocenters. The molecule has 0 aromatic heterocycles. The number of likely N-dealkylation sites (N-methyl/N-ethyl adjacent to an activating group) is 1. The molecule has 1 saturated heterocycles. The van der Waals surface area contributed by atoms with E-state index in [-0.39, 0.29) is 5.82 Å². The third-order valence-corrected chi connectivity index (χ3v) is 5.14. The van der Waals surface area contributed by atoms with Crippen molar-refractivity contribution in [3.8, 4) is 0 Å². The summed E-state index contributed by atoms with van der Waals surface area (Å²) in [6, 6.07) is 8.25. The van der Waals surface area contributed by atoms with Gasteiger partial charge in [0.25, 0.3) is 0 Å². The molecule has 0 spiro atoms. The molecule has 1 aliphatic heterocycles. The highest BCUT2D eigenvalue weighted by atomic mass is 19.1. The Morgan fingerprint density at radius 3 is 2.67 bits per heavy atom. The van der Waals surface area contributed by atoms with Crippen molar-refractivity contribution in [3.05, 3.63) is 35.6 Å². The van der Waals surface area contributed by atoms with Gasteiger partial charge < -0.3 is 10.2 Å². The van der Waals surface area contributed by atoms with Crippen molar-refractivity contribution in [3.63, 3.8) is 0 Å². The van der Waals surface area contributed by atoms with Crippen LogP contribution in [0.15, 0.2) is 24.3 Å². The average Bonchev–Trinajstić information content (AvgIpc) is 2.49. The van der Waals surface area contributed by atoms with Gasteiger partial charge in [-0.1, -0.05) is 25.0 Å². The van der Waals surface area contributed by atoms with Gasteiger partial charge in [0.15, 0.2) is 0 Å². The lowest BCUT2D eigenvalue weighted by Crippen LogP contribution is -2.52. The van der Waals surface area contributed by atoms with Crippen LogP contribution in [0.25, 0.3) is 0 Å². The number of benzene rings is 1. The van der Waals surface area contributed by atoms with Crippen LogP contribution in [0.4, 0.5) is 4.39 Å². The van der Waals surface area contributed by atoms with Gasteiger partial charge in [0.2, 0.25) is 0 Å². The van der Waals surface area contributed by atoms with E-state index in [0.717, 1.165) is 25.0 Å². The average molecular weight is 290 g/mol. The van der Waals surface area contributed by atoms with E-state index in [9.17, 15) is 4.39 Å². The second-order valence-corrected chi connectivity index (χ2v) is 6.92. The zero-order chi connectivity index (χ0) is 14.7. The zero-order valence-corrected chi connectivity index (χ0v) is 13.0. The molecular weight excluding hydrogens is 263 g/mol. The molecule has 1 heterocycles. The monoisotopic (exact) mass is 290 g/mol. The summed E-state index contributed by atoms with van der Waals surface area (Å²) in [5.74, 6) is 0.774. The lowest BCUT2D eigenvalue weighted by Gasteiger charge is -2.41. The van der Waals surface area contributed by atoms with Gasteiger partial charge in [-0.05, 0) is 56.3 Å². The van der Waals surface area contributed by atoms with Gasteiger partial charge in [-0.2, -0.15) is 0 Å². The maximum absolute atomic E-state index is 12.9. The number of halogens is 1. The second kappa shape index (κ2) is 6.89. The van der Waals surface area contributed by atoms with Crippen molar-refractivity contribution in [1.82, 2.24) is 10.2 Å². The molecule has 1 aromatic carbocycles. The van der Waals surface area contributed by atoms with Crippen molar-refractivity contribution in [2.75, 3.05) is 13.6 Å². The molecule has 1 aromatic rings. The number of nitrogens with one attached hydrogen (secondary N) is 1. The first kappa shape index (κ1) is 15.0. The van der Waals surface area contributed by atoms with Crippen molar-refractivity contribution in [2.45, 2.75) is 57.2 Å². The summed E-state index contributed by atoms with van der Waals surface area (Å²) in [6.45, 7) is 1.98. The van der Waals surface area contributed by atoms with Gasteiger partial charge in [0.1, 0.15) is 5.82 Å². The fourth-order valence-corrected chi connectivity index (χ4v) is 4.06. The van der Waals surface area contributed by atoms with Gasteiger partial charge in [-0.25, -0.2) is 4.39 Å². The van der Waals surface area contributed by atoms with E-state index in [4.69, 9.17) is 0 Å². The molecule has 3 heteroatoms. The number of nitrogens with zero attached hydrogens (tertiary/aromatic N) is 1. The summed E-state index contributed by atoms with van der Waals surface area (Å²) < 4.78 is 12.9. The van der Waals surface area contributed by atoms with Gasteiger partial charge in [0.05, 0.1) is 0 Å². The summed E-state index contributed by atoms with van der Waals surface area (Å²) in [7, 11) is 2.16.